The van der Waals surface area contributed by atoms with E-state index < -0.39 is 81.4 Å². The number of hydrogen-bond acceptors (Lipinski definition) is 13. The van der Waals surface area contributed by atoms with Gasteiger partial charge in [-0.25, -0.2) is 4.79 Å². The van der Waals surface area contributed by atoms with Crippen molar-refractivity contribution < 1.29 is 73.2 Å². The van der Waals surface area contributed by atoms with Crippen LogP contribution in [0.2, 0.25) is 0 Å². The molecule has 1 saturated carbocycles. The van der Waals surface area contributed by atoms with Crippen molar-refractivity contribution in [3.63, 3.8) is 0 Å². The van der Waals surface area contributed by atoms with Gasteiger partial charge in [0.2, 0.25) is 23.1 Å². The molecule has 1 aromatic carbocycles. The van der Waals surface area contributed by atoms with Gasteiger partial charge >= 0.3 is 21.6 Å². The first kappa shape index (κ1) is 34.0. The monoisotopic (exact) mass is 644 g/mol. The summed E-state index contributed by atoms with van der Waals surface area (Å²) < 4.78 is 123. The number of halogens is 3. The van der Waals surface area contributed by atoms with Gasteiger partial charge in [-0.3, -0.25) is 4.18 Å². The molecule has 43 heavy (non-hydrogen) atoms. The molecule has 10 atom stereocenters. The van der Waals surface area contributed by atoms with E-state index in [2.05, 4.69) is 0 Å². The van der Waals surface area contributed by atoms with Gasteiger partial charge in [-0.1, -0.05) is 18.2 Å². The highest BCUT2D eigenvalue weighted by atomic mass is 32.2. The molecular weight excluding hydrogens is 609 g/mol. The third kappa shape index (κ3) is 5.57. The van der Waals surface area contributed by atoms with Crippen molar-refractivity contribution >= 4 is 16.1 Å². The summed E-state index contributed by atoms with van der Waals surface area (Å²) in [6.07, 6.45) is -10.2. The molecule has 4 rings (SSSR count). The molecule has 2 unspecified atom stereocenters. The lowest BCUT2D eigenvalue weighted by molar-refractivity contribution is -0.501. The molecule has 1 aromatic rings. The fourth-order valence-electron chi connectivity index (χ4n) is 5.27. The zero-order chi connectivity index (χ0) is 32.2. The van der Waals surface area contributed by atoms with Crippen molar-refractivity contribution in [1.82, 2.24) is 0 Å². The average Bonchev–Trinajstić information content (AvgIpc) is 2.96. The van der Waals surface area contributed by atoms with Crippen molar-refractivity contribution in [1.29, 1.82) is 0 Å². The summed E-state index contributed by atoms with van der Waals surface area (Å²) in [6.45, 7) is 5.55. The van der Waals surface area contributed by atoms with Crippen LogP contribution in [0.15, 0.2) is 30.3 Å². The smallest absolute Gasteiger partial charge is 0.453 e. The molecule has 1 aliphatic carbocycles. The van der Waals surface area contributed by atoms with E-state index in [-0.39, 0.29) is 5.56 Å². The Morgan fingerprint density at radius 1 is 0.698 bits per heavy atom. The van der Waals surface area contributed by atoms with E-state index in [4.69, 9.17) is 46.8 Å². The summed E-state index contributed by atoms with van der Waals surface area (Å²) >= 11 is 0. The first-order valence-electron chi connectivity index (χ1n) is 13.0. The number of fused-ring (bicyclic) bond motifs is 2. The minimum absolute atomic E-state index is 0.120. The second-order valence-electron chi connectivity index (χ2n) is 10.6. The Balaban J connectivity index is 1.91. The Bertz CT molecular complexity index is 1230. The van der Waals surface area contributed by atoms with Gasteiger partial charge in [0.15, 0.2) is 6.10 Å². The molecule has 3 fully saturated rings. The van der Waals surface area contributed by atoms with Crippen molar-refractivity contribution in [3.05, 3.63) is 35.9 Å². The number of carbonyl (C=O) groups excluding carboxylic acids is 1. The third-order valence-corrected chi connectivity index (χ3v) is 9.41. The highest BCUT2D eigenvalue weighted by Gasteiger charge is 2.71. The zero-order valence-electron chi connectivity index (χ0n) is 24.7. The van der Waals surface area contributed by atoms with Crippen LogP contribution in [0.1, 0.15) is 38.1 Å². The van der Waals surface area contributed by atoms with Crippen LogP contribution in [0.4, 0.5) is 13.2 Å². The van der Waals surface area contributed by atoms with E-state index in [1.54, 1.807) is 18.2 Å². The van der Waals surface area contributed by atoms with Crippen LogP contribution >= 0.6 is 0 Å². The maximum Gasteiger partial charge on any atom is 0.523 e. The van der Waals surface area contributed by atoms with Gasteiger partial charge in [0.05, 0.1) is 5.56 Å². The third-order valence-electron chi connectivity index (χ3n) is 8.37. The first-order valence-corrected chi connectivity index (χ1v) is 14.4. The summed E-state index contributed by atoms with van der Waals surface area (Å²) in [5, 5.41) is 0. The lowest BCUT2D eigenvalue weighted by Crippen LogP contribution is -2.80. The zero-order valence-corrected chi connectivity index (χ0v) is 25.5. The summed E-state index contributed by atoms with van der Waals surface area (Å²) in [5.41, 5.74) is -5.70. The van der Waals surface area contributed by atoms with Crippen molar-refractivity contribution in [2.75, 3.05) is 28.4 Å². The predicted molar refractivity (Wildman–Crippen MR) is 137 cm³/mol. The van der Waals surface area contributed by atoms with Crippen LogP contribution in [-0.2, 0) is 56.9 Å². The molecule has 13 nitrogen and oxygen atoms in total. The van der Waals surface area contributed by atoms with Crippen LogP contribution < -0.4 is 0 Å². The van der Waals surface area contributed by atoms with Gasteiger partial charge in [-0.2, -0.15) is 21.6 Å². The molecular formula is C26H35F3O13S. The largest absolute Gasteiger partial charge is 0.523 e. The Morgan fingerprint density at radius 2 is 1.05 bits per heavy atom. The predicted octanol–water partition coefficient (Wildman–Crippen LogP) is 2.48. The molecule has 0 aromatic heterocycles. The van der Waals surface area contributed by atoms with Crippen LogP contribution in [0.25, 0.3) is 0 Å². The molecule has 0 N–H and O–H groups in total. The Labute approximate surface area is 246 Å². The SMILES string of the molecule is CO[C@@]1(C)O[C@@H]2C(OC(=O)c3ccccc3)[C@@H]3O[C@@](C)(OC)[C@](C)(OC)O[C@H]3C(OS(=O)(=O)C(F)(F)F)[C@H]2O[C@]1(C)OC. The highest BCUT2D eigenvalue weighted by molar-refractivity contribution is 7.87. The van der Waals surface area contributed by atoms with Gasteiger partial charge in [-0.15, -0.1) is 0 Å². The Kier molecular flexibility index (Phi) is 9.05. The molecule has 0 amide bonds. The summed E-state index contributed by atoms with van der Waals surface area (Å²) in [7, 11) is -1.32. The molecule has 2 heterocycles. The molecule has 244 valence electrons. The second kappa shape index (κ2) is 11.5. The van der Waals surface area contributed by atoms with E-state index in [9.17, 15) is 26.4 Å². The molecule has 0 spiro atoms. The van der Waals surface area contributed by atoms with Crippen LogP contribution in [0.3, 0.4) is 0 Å². The molecule has 2 saturated heterocycles. The van der Waals surface area contributed by atoms with Crippen LogP contribution in [0.5, 0.6) is 0 Å². The number of esters is 1. The van der Waals surface area contributed by atoms with Gasteiger partial charge in [0, 0.05) is 28.4 Å². The number of rotatable bonds is 8. The minimum atomic E-state index is -6.26. The number of ether oxygens (including phenoxy) is 9. The fraction of sp³-hybridized carbons (Fsp3) is 0.731. The van der Waals surface area contributed by atoms with Gasteiger partial charge in [0.25, 0.3) is 0 Å². The summed E-state index contributed by atoms with van der Waals surface area (Å²) in [6, 6.07) is 7.80. The van der Waals surface area contributed by atoms with Crippen molar-refractivity contribution in [2.24, 2.45) is 0 Å². The van der Waals surface area contributed by atoms with Gasteiger partial charge < -0.3 is 42.6 Å². The lowest BCUT2D eigenvalue weighted by Gasteiger charge is -2.61. The normalized spacial score (nSPS) is 41.7. The van der Waals surface area contributed by atoms with Crippen molar-refractivity contribution in [2.45, 2.75) is 93.0 Å². The summed E-state index contributed by atoms with van der Waals surface area (Å²) in [4.78, 5) is 13.3. The molecule has 17 heteroatoms. The van der Waals surface area contributed by atoms with E-state index in [0.717, 1.165) is 0 Å². The summed E-state index contributed by atoms with van der Waals surface area (Å²) in [5.74, 6) is -8.12. The van der Waals surface area contributed by atoms with Gasteiger partial charge in [0.1, 0.15) is 30.5 Å². The maximum atomic E-state index is 13.6. The fourth-order valence-corrected chi connectivity index (χ4v) is 5.89. The number of carbonyl (C=O) groups is 1. The average molecular weight is 645 g/mol. The number of benzene rings is 1. The van der Waals surface area contributed by atoms with E-state index >= 15 is 0 Å². The maximum absolute atomic E-state index is 13.6. The molecule has 0 radical (unpaired) electrons. The number of hydrogen-bond donors (Lipinski definition) is 0. The molecule has 0 bridgehead atoms. The topological polar surface area (TPSA) is 144 Å². The highest BCUT2D eigenvalue weighted by Crippen LogP contribution is 2.51. The molecule has 2 aliphatic heterocycles. The van der Waals surface area contributed by atoms with Crippen LogP contribution in [-0.4, -0.2) is 108 Å². The number of alkyl halides is 3. The lowest BCUT2D eigenvalue weighted by atomic mass is 9.81. The van der Waals surface area contributed by atoms with E-state index in [0.29, 0.717) is 0 Å². The Morgan fingerprint density at radius 3 is 1.37 bits per heavy atom. The minimum Gasteiger partial charge on any atom is -0.453 e. The Hall–Kier alpha value is -1.93. The van der Waals surface area contributed by atoms with Crippen molar-refractivity contribution in [3.8, 4) is 0 Å². The van der Waals surface area contributed by atoms with E-state index in [1.165, 1.54) is 68.3 Å². The standard InChI is InChI=1S/C26H35F3O13S/c1-22(33-5)24(3,35-7)40-18-16(38-22)15(37-21(30)14-12-10-9-11-13-14)17-19(20(18)42-43(31,32)26(27,28)29)41-25(4,36-8)23(2,34-6)39-17/h9-13,15-20H,1-8H3/t15?,16-,17+,18+,19-,20?,22+,23-,24+,25-. The van der Waals surface area contributed by atoms with Crippen LogP contribution in [0, 0.1) is 0 Å². The second-order valence-corrected chi connectivity index (χ2v) is 12.2. The first-order chi connectivity index (χ1) is 19.8. The van der Waals surface area contributed by atoms with Gasteiger partial charge in [-0.05, 0) is 39.8 Å². The molecule has 3 aliphatic rings. The quantitative estimate of drug-likeness (QED) is 0.233. The number of methoxy groups -OCH3 is 4. The van der Waals surface area contributed by atoms with E-state index in [1.807, 2.05) is 0 Å².